The topological polar surface area (TPSA) is 52.6 Å². The second-order valence-corrected chi connectivity index (χ2v) is 3.71. The van der Waals surface area contributed by atoms with Crippen molar-refractivity contribution in [3.63, 3.8) is 0 Å². The Kier molecular flexibility index (Phi) is 2.60. The van der Waals surface area contributed by atoms with E-state index < -0.39 is 6.10 Å². The van der Waals surface area contributed by atoms with E-state index in [1.54, 1.807) is 11.9 Å². The molecule has 80 valence electrons. The Balaban J connectivity index is 2.21. The largest absolute Gasteiger partial charge is 0.389 e. The van der Waals surface area contributed by atoms with Gasteiger partial charge in [-0.3, -0.25) is 15.2 Å². The van der Waals surface area contributed by atoms with Gasteiger partial charge in [-0.05, 0) is 24.6 Å². The third-order valence-electron chi connectivity index (χ3n) is 2.49. The molecule has 1 fully saturated rings. The van der Waals surface area contributed by atoms with Crippen LogP contribution in [-0.2, 0) is 4.79 Å². The van der Waals surface area contributed by atoms with Crippen molar-refractivity contribution in [1.29, 1.82) is 0 Å². The zero-order valence-electron chi connectivity index (χ0n) is 8.60. The SMILES string of the molecule is CC(O)c1cccc(N2CCC(=O)N2)c1. The average Bonchev–Trinajstić information content (AvgIpc) is 2.65. The fourth-order valence-corrected chi connectivity index (χ4v) is 1.62. The zero-order valence-corrected chi connectivity index (χ0v) is 8.60. The summed E-state index contributed by atoms with van der Waals surface area (Å²) in [6.07, 6.45) is 0.0436. The monoisotopic (exact) mass is 206 g/mol. The van der Waals surface area contributed by atoms with E-state index >= 15 is 0 Å². The first-order valence-corrected chi connectivity index (χ1v) is 5.02. The summed E-state index contributed by atoms with van der Waals surface area (Å²) in [6.45, 7) is 2.41. The lowest BCUT2D eigenvalue weighted by Crippen LogP contribution is -2.32. The molecular formula is C11H14N2O2. The lowest BCUT2D eigenvalue weighted by molar-refractivity contribution is -0.119. The van der Waals surface area contributed by atoms with Crippen LogP contribution in [0.1, 0.15) is 25.0 Å². The van der Waals surface area contributed by atoms with Crippen molar-refractivity contribution in [3.05, 3.63) is 29.8 Å². The fraction of sp³-hybridized carbons (Fsp3) is 0.364. The van der Waals surface area contributed by atoms with Gasteiger partial charge in [-0.1, -0.05) is 12.1 Å². The predicted molar refractivity (Wildman–Crippen MR) is 57.2 cm³/mol. The summed E-state index contributed by atoms with van der Waals surface area (Å²) in [5.41, 5.74) is 4.52. The molecule has 4 heteroatoms. The Labute approximate surface area is 88.5 Å². The van der Waals surface area contributed by atoms with Crippen molar-refractivity contribution in [3.8, 4) is 0 Å². The average molecular weight is 206 g/mol. The Bertz CT molecular complexity index is 377. The molecule has 1 atom stereocenters. The first kappa shape index (κ1) is 9.98. The van der Waals surface area contributed by atoms with Gasteiger partial charge in [0.25, 0.3) is 0 Å². The van der Waals surface area contributed by atoms with Crippen LogP contribution >= 0.6 is 0 Å². The molecule has 0 saturated carbocycles. The van der Waals surface area contributed by atoms with Crippen molar-refractivity contribution < 1.29 is 9.90 Å². The van der Waals surface area contributed by atoms with Crippen LogP contribution in [0.5, 0.6) is 0 Å². The van der Waals surface area contributed by atoms with Crippen molar-refractivity contribution in [2.24, 2.45) is 0 Å². The lowest BCUT2D eigenvalue weighted by Gasteiger charge is -2.18. The molecule has 1 aliphatic rings. The smallest absolute Gasteiger partial charge is 0.240 e. The Morgan fingerprint density at radius 2 is 2.33 bits per heavy atom. The molecule has 0 bridgehead atoms. The van der Waals surface area contributed by atoms with Crippen molar-refractivity contribution in [2.75, 3.05) is 11.6 Å². The van der Waals surface area contributed by atoms with Crippen LogP contribution in [0.4, 0.5) is 5.69 Å². The molecule has 1 aromatic rings. The molecule has 1 aromatic carbocycles. The number of benzene rings is 1. The van der Waals surface area contributed by atoms with Crippen LogP contribution in [0, 0.1) is 0 Å². The highest BCUT2D eigenvalue weighted by Gasteiger charge is 2.18. The normalized spacial score (nSPS) is 17.7. The second kappa shape index (κ2) is 3.90. The van der Waals surface area contributed by atoms with E-state index in [9.17, 15) is 9.90 Å². The van der Waals surface area contributed by atoms with E-state index in [-0.39, 0.29) is 5.91 Å². The maximum Gasteiger partial charge on any atom is 0.240 e. The number of anilines is 1. The molecule has 1 heterocycles. The number of hydrogen-bond donors (Lipinski definition) is 2. The summed E-state index contributed by atoms with van der Waals surface area (Å²) in [6, 6.07) is 7.54. The van der Waals surface area contributed by atoms with E-state index in [0.29, 0.717) is 13.0 Å². The van der Waals surface area contributed by atoms with E-state index in [1.807, 2.05) is 24.3 Å². The molecule has 1 saturated heterocycles. The van der Waals surface area contributed by atoms with Gasteiger partial charge in [0.2, 0.25) is 5.91 Å². The maximum atomic E-state index is 11.0. The number of carbonyl (C=O) groups excluding carboxylic acids is 1. The first-order valence-electron chi connectivity index (χ1n) is 5.02. The minimum atomic E-state index is -0.483. The standard InChI is InChI=1S/C11H14N2O2/c1-8(14)9-3-2-4-10(7-9)13-6-5-11(15)12-13/h2-4,7-8,14H,5-6H2,1H3,(H,12,15). The Morgan fingerprint density at radius 1 is 1.53 bits per heavy atom. The summed E-state index contributed by atoms with van der Waals surface area (Å²) in [5.74, 6) is 0.0393. The quantitative estimate of drug-likeness (QED) is 0.758. The first-order chi connectivity index (χ1) is 7.16. The Morgan fingerprint density at radius 3 is 2.93 bits per heavy atom. The molecule has 4 nitrogen and oxygen atoms in total. The fourth-order valence-electron chi connectivity index (χ4n) is 1.62. The molecule has 0 radical (unpaired) electrons. The van der Waals surface area contributed by atoms with Gasteiger partial charge in [0.1, 0.15) is 0 Å². The molecule has 0 aromatic heterocycles. The highest BCUT2D eigenvalue weighted by molar-refractivity contribution is 5.81. The molecule has 2 rings (SSSR count). The zero-order chi connectivity index (χ0) is 10.8. The third-order valence-corrected chi connectivity index (χ3v) is 2.49. The molecule has 2 N–H and O–H groups in total. The van der Waals surface area contributed by atoms with Crippen LogP contribution in [0.15, 0.2) is 24.3 Å². The second-order valence-electron chi connectivity index (χ2n) is 3.71. The summed E-state index contributed by atoms with van der Waals surface area (Å²) >= 11 is 0. The van der Waals surface area contributed by atoms with Gasteiger partial charge in [-0.25, -0.2) is 0 Å². The van der Waals surface area contributed by atoms with Crippen molar-refractivity contribution >= 4 is 11.6 Å². The molecule has 1 amide bonds. The highest BCUT2D eigenvalue weighted by Crippen LogP contribution is 2.21. The number of rotatable bonds is 2. The van der Waals surface area contributed by atoms with Gasteiger partial charge < -0.3 is 5.11 Å². The summed E-state index contributed by atoms with van der Waals surface area (Å²) in [5, 5.41) is 11.2. The van der Waals surface area contributed by atoms with Crippen LogP contribution in [0.3, 0.4) is 0 Å². The number of carbonyl (C=O) groups is 1. The maximum absolute atomic E-state index is 11.0. The summed E-state index contributed by atoms with van der Waals surface area (Å²) in [4.78, 5) is 11.0. The van der Waals surface area contributed by atoms with Gasteiger partial charge in [0.15, 0.2) is 0 Å². The van der Waals surface area contributed by atoms with Gasteiger partial charge in [-0.15, -0.1) is 0 Å². The van der Waals surface area contributed by atoms with E-state index in [2.05, 4.69) is 5.43 Å². The number of hydrazine groups is 1. The van der Waals surface area contributed by atoms with Crippen LogP contribution in [0.25, 0.3) is 0 Å². The number of aliphatic hydroxyl groups is 1. The van der Waals surface area contributed by atoms with Gasteiger partial charge >= 0.3 is 0 Å². The molecule has 1 aliphatic heterocycles. The van der Waals surface area contributed by atoms with Gasteiger partial charge in [0.05, 0.1) is 11.8 Å². The minimum Gasteiger partial charge on any atom is -0.389 e. The number of amides is 1. The number of hydrogen-bond acceptors (Lipinski definition) is 3. The van der Waals surface area contributed by atoms with Crippen molar-refractivity contribution in [1.82, 2.24) is 5.43 Å². The molecule has 0 aliphatic carbocycles. The number of nitrogens with one attached hydrogen (secondary N) is 1. The van der Waals surface area contributed by atoms with Crippen LogP contribution < -0.4 is 10.4 Å². The third kappa shape index (κ3) is 2.10. The summed E-state index contributed by atoms with van der Waals surface area (Å²) < 4.78 is 0. The minimum absolute atomic E-state index is 0.0393. The van der Waals surface area contributed by atoms with Crippen LogP contribution in [-0.4, -0.2) is 17.6 Å². The van der Waals surface area contributed by atoms with E-state index in [4.69, 9.17) is 0 Å². The van der Waals surface area contributed by atoms with Gasteiger partial charge in [0, 0.05) is 13.0 Å². The Hall–Kier alpha value is -1.55. The number of nitrogens with zero attached hydrogens (tertiary/aromatic N) is 1. The van der Waals surface area contributed by atoms with E-state index in [0.717, 1.165) is 11.3 Å². The lowest BCUT2D eigenvalue weighted by atomic mass is 10.1. The van der Waals surface area contributed by atoms with Crippen LogP contribution in [0.2, 0.25) is 0 Å². The molecule has 1 unspecified atom stereocenters. The molecule has 15 heavy (non-hydrogen) atoms. The predicted octanol–water partition coefficient (Wildman–Crippen LogP) is 0.981. The molecule has 0 spiro atoms. The highest BCUT2D eigenvalue weighted by atomic mass is 16.3. The van der Waals surface area contributed by atoms with E-state index in [1.165, 1.54) is 0 Å². The summed E-state index contributed by atoms with van der Waals surface area (Å²) in [7, 11) is 0. The van der Waals surface area contributed by atoms with Crippen molar-refractivity contribution in [2.45, 2.75) is 19.4 Å². The molecular weight excluding hydrogens is 192 g/mol. The van der Waals surface area contributed by atoms with Gasteiger partial charge in [-0.2, -0.15) is 0 Å². The number of aliphatic hydroxyl groups excluding tert-OH is 1.